The smallest absolute Gasteiger partial charge is 0.356 e. The Morgan fingerprint density at radius 1 is 1.11 bits per heavy atom. The molecule has 0 atom stereocenters. The van der Waals surface area contributed by atoms with Crippen LogP contribution in [0.2, 0.25) is 0 Å². The topological polar surface area (TPSA) is 49.3 Å². The SMILES string of the molecule is Cc1nc(N2CCC(C(=O)N3CCC(F)(F)CC3)CC2)cc(C(F)(F)F)n1. The predicted octanol–water partition coefficient (Wildman–Crippen LogP) is 3.28. The van der Waals surface area contributed by atoms with E-state index in [0.29, 0.717) is 25.9 Å². The maximum absolute atomic E-state index is 13.2. The molecule has 2 saturated heterocycles. The lowest BCUT2D eigenvalue weighted by Gasteiger charge is -2.37. The highest BCUT2D eigenvalue weighted by molar-refractivity contribution is 5.79. The number of carbonyl (C=O) groups is 1. The van der Waals surface area contributed by atoms with Crippen LogP contribution in [0.25, 0.3) is 0 Å². The summed E-state index contributed by atoms with van der Waals surface area (Å²) in [5.41, 5.74) is -0.988. The van der Waals surface area contributed by atoms with Gasteiger partial charge in [-0.2, -0.15) is 13.2 Å². The van der Waals surface area contributed by atoms with Gasteiger partial charge in [0.05, 0.1) is 0 Å². The first-order valence-corrected chi connectivity index (χ1v) is 8.90. The first kappa shape index (κ1) is 19.8. The lowest BCUT2D eigenvalue weighted by molar-refractivity contribution is -0.142. The van der Waals surface area contributed by atoms with Gasteiger partial charge in [-0.25, -0.2) is 18.7 Å². The second-order valence-electron chi connectivity index (χ2n) is 7.10. The van der Waals surface area contributed by atoms with Gasteiger partial charge in [-0.05, 0) is 19.8 Å². The fourth-order valence-corrected chi connectivity index (χ4v) is 3.53. The van der Waals surface area contributed by atoms with Gasteiger partial charge in [0.1, 0.15) is 17.3 Å². The zero-order valence-electron chi connectivity index (χ0n) is 14.9. The number of nitrogens with zero attached hydrogens (tertiary/aromatic N) is 4. The molecule has 3 rings (SSSR count). The van der Waals surface area contributed by atoms with Crippen molar-refractivity contribution < 1.29 is 26.7 Å². The monoisotopic (exact) mass is 392 g/mol. The van der Waals surface area contributed by atoms with Crippen molar-refractivity contribution in [2.75, 3.05) is 31.1 Å². The quantitative estimate of drug-likeness (QED) is 0.725. The molecule has 0 radical (unpaired) electrons. The Morgan fingerprint density at radius 2 is 1.70 bits per heavy atom. The summed E-state index contributed by atoms with van der Waals surface area (Å²) in [6.45, 7) is 2.27. The molecule has 5 nitrogen and oxygen atoms in total. The number of anilines is 1. The van der Waals surface area contributed by atoms with E-state index in [0.717, 1.165) is 6.07 Å². The Labute approximate surface area is 153 Å². The van der Waals surface area contributed by atoms with Gasteiger partial charge in [0.2, 0.25) is 5.91 Å². The number of hydrogen-bond acceptors (Lipinski definition) is 4. The van der Waals surface area contributed by atoms with Crippen LogP contribution in [0.1, 0.15) is 37.2 Å². The summed E-state index contributed by atoms with van der Waals surface area (Å²) < 4.78 is 65.3. The number of carbonyl (C=O) groups excluding carboxylic acids is 1. The van der Waals surface area contributed by atoms with Gasteiger partial charge < -0.3 is 9.80 Å². The van der Waals surface area contributed by atoms with E-state index in [1.54, 1.807) is 4.90 Å². The van der Waals surface area contributed by atoms with Crippen LogP contribution in [0, 0.1) is 12.8 Å². The third kappa shape index (κ3) is 4.65. The van der Waals surface area contributed by atoms with E-state index >= 15 is 0 Å². The van der Waals surface area contributed by atoms with Crippen LogP contribution in [0.4, 0.5) is 27.8 Å². The number of piperidine rings is 2. The molecule has 0 unspecified atom stereocenters. The third-order valence-electron chi connectivity index (χ3n) is 5.09. The fourth-order valence-electron chi connectivity index (χ4n) is 3.53. The lowest BCUT2D eigenvalue weighted by Crippen LogP contribution is -2.47. The zero-order valence-corrected chi connectivity index (χ0v) is 14.9. The summed E-state index contributed by atoms with van der Waals surface area (Å²) in [5.74, 6) is -2.91. The highest BCUT2D eigenvalue weighted by atomic mass is 19.4. The Bertz CT molecular complexity index is 691. The Balaban J connectivity index is 1.61. The molecule has 0 aliphatic carbocycles. The van der Waals surface area contributed by atoms with E-state index < -0.39 is 17.8 Å². The average molecular weight is 392 g/mol. The standard InChI is InChI=1S/C17H21F5N4O/c1-11-23-13(17(20,21)22)10-14(24-11)25-6-2-12(3-7-25)15(27)26-8-4-16(18,19)5-9-26/h10,12H,2-9H2,1H3. The van der Waals surface area contributed by atoms with Crippen molar-refractivity contribution in [1.29, 1.82) is 0 Å². The van der Waals surface area contributed by atoms with Crippen LogP contribution in [0.15, 0.2) is 6.07 Å². The first-order valence-electron chi connectivity index (χ1n) is 8.90. The predicted molar refractivity (Wildman–Crippen MR) is 87.5 cm³/mol. The highest BCUT2D eigenvalue weighted by Gasteiger charge is 2.38. The minimum atomic E-state index is -4.55. The van der Waals surface area contributed by atoms with Crippen molar-refractivity contribution in [2.24, 2.45) is 5.92 Å². The Kier molecular flexibility index (Phi) is 5.27. The summed E-state index contributed by atoms with van der Waals surface area (Å²) in [6, 6.07) is 0.919. The number of alkyl halides is 5. The molecule has 0 bridgehead atoms. The maximum Gasteiger partial charge on any atom is 0.433 e. The second-order valence-corrected chi connectivity index (χ2v) is 7.10. The van der Waals surface area contributed by atoms with Crippen LogP contribution < -0.4 is 4.90 Å². The Hall–Kier alpha value is -2.00. The molecule has 2 fully saturated rings. The van der Waals surface area contributed by atoms with Gasteiger partial charge in [-0.3, -0.25) is 4.79 Å². The average Bonchev–Trinajstić information content (AvgIpc) is 2.60. The second kappa shape index (κ2) is 7.20. The summed E-state index contributed by atoms with van der Waals surface area (Å²) in [7, 11) is 0. The number of likely N-dealkylation sites (tertiary alicyclic amines) is 1. The van der Waals surface area contributed by atoms with E-state index in [9.17, 15) is 26.7 Å². The van der Waals surface area contributed by atoms with Crippen LogP contribution in [0.5, 0.6) is 0 Å². The van der Waals surface area contributed by atoms with E-state index in [2.05, 4.69) is 9.97 Å². The first-order chi connectivity index (χ1) is 12.5. The van der Waals surface area contributed by atoms with Crippen molar-refractivity contribution in [3.8, 4) is 0 Å². The molecular formula is C17H21F5N4O. The lowest BCUT2D eigenvalue weighted by atomic mass is 9.94. The molecule has 1 aromatic heterocycles. The number of aromatic nitrogens is 2. The molecule has 27 heavy (non-hydrogen) atoms. The zero-order chi connectivity index (χ0) is 19.8. The summed E-state index contributed by atoms with van der Waals surface area (Å²) in [6.07, 6.45) is -4.28. The van der Waals surface area contributed by atoms with Crippen LogP contribution in [-0.4, -0.2) is 52.9 Å². The molecule has 0 spiro atoms. The highest BCUT2D eigenvalue weighted by Crippen LogP contribution is 2.32. The maximum atomic E-state index is 13.2. The van der Waals surface area contributed by atoms with Crippen LogP contribution >= 0.6 is 0 Å². The van der Waals surface area contributed by atoms with Crippen molar-refractivity contribution >= 4 is 11.7 Å². The minimum Gasteiger partial charge on any atom is -0.356 e. The summed E-state index contributed by atoms with van der Waals surface area (Å²) in [4.78, 5) is 23.2. The van der Waals surface area contributed by atoms with Gasteiger partial charge in [0, 0.05) is 51.0 Å². The molecule has 1 aromatic rings. The molecule has 10 heteroatoms. The number of halogens is 5. The van der Waals surface area contributed by atoms with Crippen LogP contribution in [0.3, 0.4) is 0 Å². The largest absolute Gasteiger partial charge is 0.433 e. The van der Waals surface area contributed by atoms with E-state index in [1.165, 1.54) is 11.8 Å². The van der Waals surface area contributed by atoms with E-state index in [-0.39, 0.29) is 49.4 Å². The van der Waals surface area contributed by atoms with Crippen molar-refractivity contribution in [2.45, 2.75) is 44.7 Å². The van der Waals surface area contributed by atoms with Crippen molar-refractivity contribution in [3.05, 3.63) is 17.6 Å². The molecule has 0 aromatic carbocycles. The van der Waals surface area contributed by atoms with Gasteiger partial charge in [-0.1, -0.05) is 0 Å². The van der Waals surface area contributed by atoms with Gasteiger partial charge in [0.15, 0.2) is 0 Å². The van der Waals surface area contributed by atoms with Gasteiger partial charge in [-0.15, -0.1) is 0 Å². The summed E-state index contributed by atoms with van der Waals surface area (Å²) in [5, 5.41) is 0. The van der Waals surface area contributed by atoms with Crippen molar-refractivity contribution in [1.82, 2.24) is 14.9 Å². The van der Waals surface area contributed by atoms with E-state index in [1.807, 2.05) is 0 Å². The summed E-state index contributed by atoms with van der Waals surface area (Å²) >= 11 is 0. The molecule has 3 heterocycles. The number of hydrogen-bond donors (Lipinski definition) is 0. The number of aryl methyl sites for hydroxylation is 1. The number of rotatable bonds is 2. The van der Waals surface area contributed by atoms with Gasteiger partial charge >= 0.3 is 6.18 Å². The van der Waals surface area contributed by atoms with Crippen LogP contribution in [-0.2, 0) is 11.0 Å². The fraction of sp³-hybridized carbons (Fsp3) is 0.706. The molecule has 1 amide bonds. The van der Waals surface area contributed by atoms with Gasteiger partial charge in [0.25, 0.3) is 5.92 Å². The molecule has 2 aliphatic heterocycles. The normalized spacial score (nSPS) is 21.4. The number of amides is 1. The third-order valence-corrected chi connectivity index (χ3v) is 5.09. The molecule has 0 N–H and O–H groups in total. The molecular weight excluding hydrogens is 371 g/mol. The molecule has 150 valence electrons. The van der Waals surface area contributed by atoms with Crippen molar-refractivity contribution in [3.63, 3.8) is 0 Å². The van der Waals surface area contributed by atoms with E-state index in [4.69, 9.17) is 0 Å². The Morgan fingerprint density at radius 3 is 2.26 bits per heavy atom. The minimum absolute atomic E-state index is 0.0345. The molecule has 0 saturated carbocycles. The molecule has 2 aliphatic rings.